The van der Waals surface area contributed by atoms with Crippen LogP contribution in [0.15, 0.2) is 53.1 Å². The third-order valence-electron chi connectivity index (χ3n) is 3.01. The molecule has 20 heavy (non-hydrogen) atoms. The second kappa shape index (κ2) is 7.38. The third-order valence-corrected chi connectivity index (χ3v) is 3.01. The smallest absolute Gasteiger partial charge is 0.315 e. The van der Waals surface area contributed by atoms with Crippen molar-refractivity contribution in [2.45, 2.75) is 25.8 Å². The molecule has 0 aliphatic heterocycles. The molecule has 2 rings (SSSR count). The molecule has 2 amide bonds. The van der Waals surface area contributed by atoms with E-state index in [9.17, 15) is 4.79 Å². The minimum Gasteiger partial charge on any atom is -0.469 e. The number of urea groups is 1. The van der Waals surface area contributed by atoms with Crippen molar-refractivity contribution in [2.24, 2.45) is 0 Å². The zero-order chi connectivity index (χ0) is 14.2. The molecule has 0 saturated heterocycles. The number of amides is 2. The molecule has 2 N–H and O–H groups in total. The van der Waals surface area contributed by atoms with Crippen molar-refractivity contribution in [3.8, 4) is 0 Å². The van der Waals surface area contributed by atoms with Gasteiger partial charge in [-0.2, -0.15) is 0 Å². The SMILES string of the molecule is CC(Cc1ccco1)NC(=O)NCCc1ccccc1. The summed E-state index contributed by atoms with van der Waals surface area (Å²) < 4.78 is 5.25. The van der Waals surface area contributed by atoms with Crippen molar-refractivity contribution < 1.29 is 9.21 Å². The summed E-state index contributed by atoms with van der Waals surface area (Å²) >= 11 is 0. The van der Waals surface area contributed by atoms with E-state index in [-0.39, 0.29) is 12.1 Å². The first kappa shape index (κ1) is 14.2. The Bertz CT molecular complexity index is 509. The van der Waals surface area contributed by atoms with Gasteiger partial charge in [-0.05, 0) is 31.0 Å². The van der Waals surface area contributed by atoms with Crippen LogP contribution in [0.25, 0.3) is 0 Å². The van der Waals surface area contributed by atoms with Gasteiger partial charge in [-0.3, -0.25) is 0 Å². The first-order chi connectivity index (χ1) is 9.74. The molecule has 0 saturated carbocycles. The van der Waals surface area contributed by atoms with Crippen LogP contribution < -0.4 is 10.6 Å². The van der Waals surface area contributed by atoms with Crippen molar-refractivity contribution in [1.82, 2.24) is 10.6 Å². The van der Waals surface area contributed by atoms with Crippen molar-refractivity contribution in [1.29, 1.82) is 0 Å². The van der Waals surface area contributed by atoms with Crippen LogP contribution in [-0.2, 0) is 12.8 Å². The Labute approximate surface area is 119 Å². The maximum atomic E-state index is 11.7. The highest BCUT2D eigenvalue weighted by atomic mass is 16.3. The van der Waals surface area contributed by atoms with Gasteiger partial charge >= 0.3 is 6.03 Å². The van der Waals surface area contributed by atoms with Gasteiger partial charge in [-0.25, -0.2) is 4.79 Å². The van der Waals surface area contributed by atoms with Crippen LogP contribution in [0.3, 0.4) is 0 Å². The van der Waals surface area contributed by atoms with Gasteiger partial charge in [0.1, 0.15) is 5.76 Å². The van der Waals surface area contributed by atoms with Crippen LogP contribution in [-0.4, -0.2) is 18.6 Å². The lowest BCUT2D eigenvalue weighted by molar-refractivity contribution is 0.237. The van der Waals surface area contributed by atoms with Crippen molar-refractivity contribution in [3.63, 3.8) is 0 Å². The average Bonchev–Trinajstić information content (AvgIpc) is 2.92. The van der Waals surface area contributed by atoms with Crippen LogP contribution >= 0.6 is 0 Å². The van der Waals surface area contributed by atoms with Crippen LogP contribution in [0.4, 0.5) is 4.79 Å². The Morgan fingerprint density at radius 1 is 1.20 bits per heavy atom. The molecule has 0 radical (unpaired) electrons. The van der Waals surface area contributed by atoms with E-state index in [2.05, 4.69) is 22.8 Å². The molecule has 0 aliphatic carbocycles. The van der Waals surface area contributed by atoms with Crippen LogP contribution in [0.1, 0.15) is 18.2 Å². The number of benzene rings is 1. The number of nitrogens with one attached hydrogen (secondary N) is 2. The van der Waals surface area contributed by atoms with E-state index in [1.54, 1.807) is 6.26 Å². The largest absolute Gasteiger partial charge is 0.469 e. The summed E-state index contributed by atoms with van der Waals surface area (Å²) in [4.78, 5) is 11.7. The number of carbonyl (C=O) groups excluding carboxylic acids is 1. The van der Waals surface area contributed by atoms with E-state index >= 15 is 0 Å². The zero-order valence-corrected chi connectivity index (χ0v) is 11.6. The topological polar surface area (TPSA) is 54.3 Å². The molecule has 0 spiro atoms. The second-order valence-corrected chi connectivity index (χ2v) is 4.82. The van der Waals surface area contributed by atoms with Gasteiger partial charge in [0, 0.05) is 19.0 Å². The first-order valence-corrected chi connectivity index (χ1v) is 6.84. The Hall–Kier alpha value is -2.23. The van der Waals surface area contributed by atoms with Crippen molar-refractivity contribution in [2.75, 3.05) is 6.54 Å². The number of furan rings is 1. The molecule has 0 fully saturated rings. The zero-order valence-electron chi connectivity index (χ0n) is 11.6. The normalized spacial score (nSPS) is 11.8. The monoisotopic (exact) mass is 272 g/mol. The summed E-state index contributed by atoms with van der Waals surface area (Å²) in [5, 5.41) is 5.76. The fourth-order valence-corrected chi connectivity index (χ4v) is 2.02. The molecular weight excluding hydrogens is 252 g/mol. The van der Waals surface area contributed by atoms with E-state index < -0.39 is 0 Å². The average molecular weight is 272 g/mol. The lowest BCUT2D eigenvalue weighted by atomic mass is 10.1. The van der Waals surface area contributed by atoms with Crippen LogP contribution in [0.5, 0.6) is 0 Å². The van der Waals surface area contributed by atoms with Gasteiger partial charge in [-0.1, -0.05) is 30.3 Å². The molecule has 1 aromatic carbocycles. The van der Waals surface area contributed by atoms with Gasteiger partial charge in [0.2, 0.25) is 0 Å². The molecule has 1 unspecified atom stereocenters. The van der Waals surface area contributed by atoms with Crippen LogP contribution in [0, 0.1) is 0 Å². The van der Waals surface area contributed by atoms with Crippen LogP contribution in [0.2, 0.25) is 0 Å². The van der Waals surface area contributed by atoms with Gasteiger partial charge in [-0.15, -0.1) is 0 Å². The molecule has 0 aliphatic rings. The lowest BCUT2D eigenvalue weighted by Crippen LogP contribution is -2.42. The highest BCUT2D eigenvalue weighted by molar-refractivity contribution is 5.74. The Morgan fingerprint density at radius 2 is 2.00 bits per heavy atom. The van der Waals surface area contributed by atoms with E-state index in [0.29, 0.717) is 13.0 Å². The molecule has 1 heterocycles. The van der Waals surface area contributed by atoms with Gasteiger partial charge in [0.05, 0.1) is 6.26 Å². The molecule has 4 heteroatoms. The number of rotatable bonds is 6. The summed E-state index contributed by atoms with van der Waals surface area (Å²) in [6.45, 7) is 2.59. The highest BCUT2D eigenvalue weighted by Gasteiger charge is 2.08. The summed E-state index contributed by atoms with van der Waals surface area (Å²) in [6.07, 6.45) is 3.17. The minimum absolute atomic E-state index is 0.0397. The predicted octanol–water partition coefficient (Wildman–Crippen LogP) is 2.75. The maximum Gasteiger partial charge on any atom is 0.315 e. The summed E-state index contributed by atoms with van der Waals surface area (Å²) in [5.41, 5.74) is 1.22. The number of hydrogen-bond donors (Lipinski definition) is 2. The standard InChI is InChI=1S/C16H20N2O2/c1-13(12-15-8-5-11-20-15)18-16(19)17-10-9-14-6-3-2-4-7-14/h2-8,11,13H,9-10,12H2,1H3,(H2,17,18,19). The Balaban J connectivity index is 1.65. The highest BCUT2D eigenvalue weighted by Crippen LogP contribution is 2.03. The molecule has 1 aromatic heterocycles. The molecular formula is C16H20N2O2. The third kappa shape index (κ3) is 4.80. The number of carbonyl (C=O) groups is 1. The van der Waals surface area contributed by atoms with Gasteiger partial charge in [0.25, 0.3) is 0 Å². The fraction of sp³-hybridized carbons (Fsp3) is 0.312. The molecule has 106 valence electrons. The van der Waals surface area contributed by atoms with E-state index in [0.717, 1.165) is 12.2 Å². The minimum atomic E-state index is -0.139. The second-order valence-electron chi connectivity index (χ2n) is 4.82. The van der Waals surface area contributed by atoms with Crippen molar-refractivity contribution in [3.05, 3.63) is 60.1 Å². The lowest BCUT2D eigenvalue weighted by Gasteiger charge is -2.13. The van der Waals surface area contributed by atoms with E-state index in [4.69, 9.17) is 4.42 Å². The fourth-order valence-electron chi connectivity index (χ4n) is 2.02. The van der Waals surface area contributed by atoms with E-state index in [1.807, 2.05) is 37.3 Å². The van der Waals surface area contributed by atoms with Crippen molar-refractivity contribution >= 4 is 6.03 Å². The Kier molecular flexibility index (Phi) is 5.24. The number of hydrogen-bond acceptors (Lipinski definition) is 2. The van der Waals surface area contributed by atoms with Gasteiger partial charge < -0.3 is 15.1 Å². The first-order valence-electron chi connectivity index (χ1n) is 6.84. The quantitative estimate of drug-likeness (QED) is 0.849. The summed E-state index contributed by atoms with van der Waals surface area (Å²) in [7, 11) is 0. The Morgan fingerprint density at radius 3 is 2.70 bits per heavy atom. The molecule has 1 atom stereocenters. The summed E-state index contributed by atoms with van der Waals surface area (Å²) in [5.74, 6) is 0.877. The van der Waals surface area contributed by atoms with E-state index in [1.165, 1.54) is 5.56 Å². The molecule has 0 bridgehead atoms. The molecule has 2 aromatic rings. The van der Waals surface area contributed by atoms with Gasteiger partial charge in [0.15, 0.2) is 0 Å². The summed E-state index contributed by atoms with van der Waals surface area (Å²) in [6, 6.07) is 13.8. The predicted molar refractivity (Wildman–Crippen MR) is 78.6 cm³/mol. The maximum absolute atomic E-state index is 11.7. The molecule has 4 nitrogen and oxygen atoms in total.